The summed E-state index contributed by atoms with van der Waals surface area (Å²) in [5, 5.41) is 6.87. The van der Waals surface area contributed by atoms with Crippen molar-refractivity contribution in [3.05, 3.63) is 82.3 Å². The number of aromatic nitrogens is 2. The number of carbonyl (C=O) groups excluding carboxylic acids is 2. The lowest BCUT2D eigenvalue weighted by Crippen LogP contribution is -2.38. The average molecular weight is 418 g/mol. The third-order valence-corrected chi connectivity index (χ3v) is 5.18. The summed E-state index contributed by atoms with van der Waals surface area (Å²) in [7, 11) is 1.56. The van der Waals surface area contributed by atoms with E-state index in [0.717, 1.165) is 22.4 Å². The van der Waals surface area contributed by atoms with Crippen LogP contribution in [-0.2, 0) is 17.8 Å². The molecular formula is C23H22N4O4. The van der Waals surface area contributed by atoms with Crippen molar-refractivity contribution in [1.29, 1.82) is 0 Å². The van der Waals surface area contributed by atoms with E-state index >= 15 is 0 Å². The van der Waals surface area contributed by atoms with Crippen molar-refractivity contribution in [1.82, 2.24) is 9.78 Å². The number of methoxy groups -OCH3 is 1. The first-order valence-corrected chi connectivity index (χ1v) is 9.90. The molecule has 2 aromatic carbocycles. The highest BCUT2D eigenvalue weighted by molar-refractivity contribution is 6.06. The van der Waals surface area contributed by atoms with Crippen LogP contribution in [0.4, 0.5) is 11.4 Å². The van der Waals surface area contributed by atoms with Gasteiger partial charge in [0, 0.05) is 23.5 Å². The highest BCUT2D eigenvalue weighted by atomic mass is 16.5. The molecule has 8 nitrogen and oxygen atoms in total. The fourth-order valence-corrected chi connectivity index (χ4v) is 3.69. The van der Waals surface area contributed by atoms with Gasteiger partial charge in [-0.05, 0) is 55.3 Å². The van der Waals surface area contributed by atoms with Crippen LogP contribution >= 0.6 is 0 Å². The molecule has 1 N–H and O–H groups in total. The van der Waals surface area contributed by atoms with Gasteiger partial charge in [0.15, 0.2) is 0 Å². The van der Waals surface area contributed by atoms with E-state index in [-0.39, 0.29) is 24.2 Å². The van der Waals surface area contributed by atoms with Gasteiger partial charge in [-0.1, -0.05) is 18.2 Å². The Labute approximate surface area is 179 Å². The molecule has 0 bridgehead atoms. The SMILES string of the molecule is COc1ccc(NC(=O)Cn2nc(C(=O)N3c4ccccc4C[C@H]3C)ccc2=O)cc1. The second-order valence-corrected chi connectivity index (χ2v) is 7.35. The molecule has 1 aliphatic heterocycles. The highest BCUT2D eigenvalue weighted by Gasteiger charge is 2.32. The molecule has 1 aromatic heterocycles. The molecule has 0 unspecified atom stereocenters. The van der Waals surface area contributed by atoms with Gasteiger partial charge in [-0.25, -0.2) is 4.68 Å². The van der Waals surface area contributed by atoms with Crippen molar-refractivity contribution >= 4 is 23.2 Å². The van der Waals surface area contributed by atoms with Crippen LogP contribution in [-0.4, -0.2) is 34.7 Å². The zero-order chi connectivity index (χ0) is 22.0. The fraction of sp³-hybridized carbons (Fsp3) is 0.217. The molecule has 1 atom stereocenters. The summed E-state index contributed by atoms with van der Waals surface area (Å²) < 4.78 is 6.09. The summed E-state index contributed by atoms with van der Waals surface area (Å²) in [4.78, 5) is 39.5. The minimum Gasteiger partial charge on any atom is -0.497 e. The Morgan fingerprint density at radius 1 is 1.10 bits per heavy atom. The number of rotatable bonds is 5. The molecule has 4 rings (SSSR count). The Morgan fingerprint density at radius 3 is 2.58 bits per heavy atom. The zero-order valence-corrected chi connectivity index (χ0v) is 17.2. The smallest absolute Gasteiger partial charge is 0.278 e. The normalized spacial score (nSPS) is 14.8. The van der Waals surface area contributed by atoms with E-state index in [0.29, 0.717) is 11.4 Å². The fourth-order valence-electron chi connectivity index (χ4n) is 3.69. The number of anilines is 2. The maximum atomic E-state index is 13.2. The van der Waals surface area contributed by atoms with Crippen LogP contribution in [0.15, 0.2) is 65.5 Å². The topological polar surface area (TPSA) is 93.5 Å². The van der Waals surface area contributed by atoms with E-state index < -0.39 is 11.5 Å². The molecule has 158 valence electrons. The van der Waals surface area contributed by atoms with Crippen LogP contribution < -0.4 is 20.5 Å². The van der Waals surface area contributed by atoms with Gasteiger partial charge in [-0.2, -0.15) is 5.10 Å². The largest absolute Gasteiger partial charge is 0.497 e. The second kappa shape index (κ2) is 8.43. The Hall–Kier alpha value is -3.94. The van der Waals surface area contributed by atoms with E-state index in [9.17, 15) is 14.4 Å². The van der Waals surface area contributed by atoms with Crippen LogP contribution in [0.1, 0.15) is 23.0 Å². The first kappa shape index (κ1) is 20.3. The molecular weight excluding hydrogens is 396 g/mol. The number of ether oxygens (including phenoxy) is 1. The molecule has 0 aliphatic carbocycles. The standard InChI is InChI=1S/C23H22N4O4/c1-15-13-16-5-3-4-6-20(16)27(15)23(30)19-11-12-22(29)26(25-19)14-21(28)24-17-7-9-18(31-2)10-8-17/h3-12,15H,13-14H2,1-2H3,(H,24,28)/t15-/m1/s1. The number of carbonyl (C=O) groups is 2. The third-order valence-electron chi connectivity index (χ3n) is 5.18. The molecule has 8 heteroatoms. The van der Waals surface area contributed by atoms with Gasteiger partial charge in [0.25, 0.3) is 11.5 Å². The maximum absolute atomic E-state index is 13.2. The highest BCUT2D eigenvalue weighted by Crippen LogP contribution is 2.32. The maximum Gasteiger partial charge on any atom is 0.278 e. The van der Waals surface area contributed by atoms with Gasteiger partial charge in [0.1, 0.15) is 18.0 Å². The Kier molecular flexibility index (Phi) is 5.53. The van der Waals surface area contributed by atoms with E-state index in [1.807, 2.05) is 31.2 Å². The molecule has 1 aliphatic rings. The number of nitrogens with zero attached hydrogens (tertiary/aromatic N) is 3. The van der Waals surface area contributed by atoms with Gasteiger partial charge >= 0.3 is 0 Å². The summed E-state index contributed by atoms with van der Waals surface area (Å²) in [6.45, 7) is 1.66. The second-order valence-electron chi connectivity index (χ2n) is 7.35. The van der Waals surface area contributed by atoms with Crippen LogP contribution in [0.5, 0.6) is 5.75 Å². The van der Waals surface area contributed by atoms with Crippen LogP contribution in [0.25, 0.3) is 0 Å². The lowest BCUT2D eigenvalue weighted by Gasteiger charge is -2.22. The Bertz CT molecular complexity index is 1190. The Balaban J connectivity index is 1.52. The van der Waals surface area contributed by atoms with Crippen LogP contribution in [0.2, 0.25) is 0 Å². The van der Waals surface area contributed by atoms with E-state index in [4.69, 9.17) is 4.74 Å². The molecule has 0 saturated heterocycles. The van der Waals surface area contributed by atoms with Gasteiger partial charge in [0.2, 0.25) is 5.91 Å². The molecule has 3 aromatic rings. The lowest BCUT2D eigenvalue weighted by atomic mass is 10.1. The van der Waals surface area contributed by atoms with Crippen molar-refractivity contribution in [2.24, 2.45) is 0 Å². The van der Waals surface area contributed by atoms with Gasteiger partial charge < -0.3 is 15.0 Å². The number of amides is 2. The van der Waals surface area contributed by atoms with Crippen molar-refractivity contribution in [2.45, 2.75) is 25.9 Å². The summed E-state index contributed by atoms with van der Waals surface area (Å²) in [5.74, 6) is -0.0640. The quantitative estimate of drug-likeness (QED) is 0.687. The van der Waals surface area contributed by atoms with Gasteiger partial charge in [-0.15, -0.1) is 0 Å². The predicted octanol–water partition coefficient (Wildman–Crippen LogP) is 2.48. The van der Waals surface area contributed by atoms with E-state index in [2.05, 4.69) is 10.4 Å². The van der Waals surface area contributed by atoms with Crippen molar-refractivity contribution in [3.8, 4) is 5.75 Å². The first-order chi connectivity index (χ1) is 15.0. The number of hydrogen-bond donors (Lipinski definition) is 1. The number of hydrogen-bond acceptors (Lipinski definition) is 5. The first-order valence-electron chi connectivity index (χ1n) is 9.90. The van der Waals surface area contributed by atoms with E-state index in [1.54, 1.807) is 36.3 Å². The van der Waals surface area contributed by atoms with Crippen LogP contribution in [0.3, 0.4) is 0 Å². The number of nitrogens with one attached hydrogen (secondary N) is 1. The molecule has 0 radical (unpaired) electrons. The number of benzene rings is 2. The minimum absolute atomic E-state index is 0.0227. The van der Waals surface area contributed by atoms with Crippen molar-refractivity contribution in [3.63, 3.8) is 0 Å². The third kappa shape index (κ3) is 4.18. The molecule has 31 heavy (non-hydrogen) atoms. The molecule has 0 spiro atoms. The van der Waals surface area contributed by atoms with Gasteiger partial charge in [-0.3, -0.25) is 14.4 Å². The van der Waals surface area contributed by atoms with Crippen molar-refractivity contribution < 1.29 is 14.3 Å². The lowest BCUT2D eigenvalue weighted by molar-refractivity contribution is -0.117. The number of para-hydroxylation sites is 1. The molecule has 0 saturated carbocycles. The van der Waals surface area contributed by atoms with Gasteiger partial charge in [0.05, 0.1) is 7.11 Å². The summed E-state index contributed by atoms with van der Waals surface area (Å²) in [5.41, 5.74) is 2.15. The average Bonchev–Trinajstić information content (AvgIpc) is 3.11. The monoisotopic (exact) mass is 418 g/mol. The van der Waals surface area contributed by atoms with E-state index in [1.165, 1.54) is 12.1 Å². The molecule has 0 fully saturated rings. The summed E-state index contributed by atoms with van der Waals surface area (Å²) in [6, 6.07) is 17.2. The predicted molar refractivity (Wildman–Crippen MR) is 117 cm³/mol. The molecule has 2 amide bonds. The summed E-state index contributed by atoms with van der Waals surface area (Å²) >= 11 is 0. The molecule has 2 heterocycles. The summed E-state index contributed by atoms with van der Waals surface area (Å²) in [6.07, 6.45) is 0.756. The number of fused-ring (bicyclic) bond motifs is 1. The Morgan fingerprint density at radius 2 is 1.84 bits per heavy atom. The van der Waals surface area contributed by atoms with Crippen LogP contribution in [0, 0.1) is 0 Å². The minimum atomic E-state index is -0.462. The van der Waals surface area contributed by atoms with Crippen molar-refractivity contribution in [2.75, 3.05) is 17.3 Å². The zero-order valence-electron chi connectivity index (χ0n) is 17.2.